The molecule has 0 saturated carbocycles. The molecular weight excluding hydrogens is 222 g/mol. The van der Waals surface area contributed by atoms with Crippen LogP contribution in [0.3, 0.4) is 0 Å². The number of fused-ring (bicyclic) bond motifs is 1. The van der Waals surface area contributed by atoms with E-state index >= 15 is 0 Å². The maximum absolute atomic E-state index is 12.0. The third-order valence-electron chi connectivity index (χ3n) is 2.95. The Bertz CT molecular complexity index is 401. The largest absolute Gasteiger partial charge is 0.464 e. The molecule has 0 bridgehead atoms. The zero-order valence-electron chi connectivity index (χ0n) is 9.87. The van der Waals surface area contributed by atoms with Crippen molar-refractivity contribution in [3.63, 3.8) is 0 Å². The lowest BCUT2D eigenvalue weighted by molar-refractivity contribution is -0.151. The fourth-order valence-corrected chi connectivity index (χ4v) is 3.35. The molecule has 0 spiro atoms. The molecule has 0 amide bonds. The molecule has 16 heavy (non-hydrogen) atoms. The molecule has 88 valence electrons. The zero-order chi connectivity index (χ0) is 11.8. The van der Waals surface area contributed by atoms with Crippen molar-refractivity contribution in [2.45, 2.75) is 38.8 Å². The minimum absolute atomic E-state index is 0.176. The van der Waals surface area contributed by atoms with E-state index in [1.54, 1.807) is 11.3 Å². The Morgan fingerprint density at radius 2 is 2.50 bits per heavy atom. The lowest BCUT2D eigenvalue weighted by atomic mass is 9.88. The van der Waals surface area contributed by atoms with Crippen molar-refractivity contribution < 1.29 is 9.53 Å². The molecule has 2 atom stereocenters. The monoisotopic (exact) mass is 239 g/mol. The SMILES string of the molecule is CCOC(=O)[C@@]1(C)N[C@H](C)Cc2ccsc21. The quantitative estimate of drug-likeness (QED) is 0.803. The van der Waals surface area contributed by atoms with Gasteiger partial charge in [0.1, 0.15) is 5.54 Å². The predicted octanol–water partition coefficient (Wildman–Crippen LogP) is 2.06. The van der Waals surface area contributed by atoms with E-state index in [0.29, 0.717) is 12.6 Å². The maximum atomic E-state index is 12.0. The van der Waals surface area contributed by atoms with Gasteiger partial charge in [0.15, 0.2) is 0 Å². The lowest BCUT2D eigenvalue weighted by Gasteiger charge is -2.36. The van der Waals surface area contributed by atoms with E-state index in [-0.39, 0.29) is 5.97 Å². The summed E-state index contributed by atoms with van der Waals surface area (Å²) in [7, 11) is 0. The highest BCUT2D eigenvalue weighted by Crippen LogP contribution is 2.35. The number of hydrogen-bond donors (Lipinski definition) is 1. The predicted molar refractivity (Wildman–Crippen MR) is 64.6 cm³/mol. The molecule has 4 heteroatoms. The molecule has 1 aliphatic heterocycles. The molecule has 1 aromatic rings. The first-order valence-electron chi connectivity index (χ1n) is 5.59. The van der Waals surface area contributed by atoms with Gasteiger partial charge in [-0.15, -0.1) is 11.3 Å². The number of nitrogens with one attached hydrogen (secondary N) is 1. The van der Waals surface area contributed by atoms with Gasteiger partial charge in [-0.3, -0.25) is 5.32 Å². The van der Waals surface area contributed by atoms with Crippen LogP contribution in [0, 0.1) is 0 Å². The second kappa shape index (κ2) is 4.18. The Hall–Kier alpha value is -0.870. The van der Waals surface area contributed by atoms with Gasteiger partial charge >= 0.3 is 5.97 Å². The Labute approximate surface area is 99.8 Å². The van der Waals surface area contributed by atoms with E-state index < -0.39 is 5.54 Å². The second-order valence-corrected chi connectivity index (χ2v) is 5.29. The van der Waals surface area contributed by atoms with Gasteiger partial charge in [-0.1, -0.05) is 0 Å². The van der Waals surface area contributed by atoms with Crippen LogP contribution < -0.4 is 5.32 Å². The van der Waals surface area contributed by atoms with Gasteiger partial charge in [0.2, 0.25) is 0 Å². The van der Waals surface area contributed by atoms with Crippen molar-refractivity contribution in [1.82, 2.24) is 5.32 Å². The standard InChI is InChI=1S/C12H17NO2S/c1-4-15-11(14)12(3)10-9(5-6-16-10)7-8(2)13-12/h5-6,8,13H,4,7H2,1-3H3/t8-,12+/m1/s1. The molecule has 0 aliphatic carbocycles. The molecule has 1 aromatic heterocycles. The van der Waals surface area contributed by atoms with E-state index in [0.717, 1.165) is 11.3 Å². The van der Waals surface area contributed by atoms with Gasteiger partial charge in [0.05, 0.1) is 6.61 Å². The van der Waals surface area contributed by atoms with Gasteiger partial charge in [0, 0.05) is 10.9 Å². The first-order chi connectivity index (χ1) is 7.58. The fraction of sp³-hybridized carbons (Fsp3) is 0.583. The third kappa shape index (κ3) is 1.76. The molecule has 0 aromatic carbocycles. The summed E-state index contributed by atoms with van der Waals surface area (Å²) >= 11 is 1.63. The van der Waals surface area contributed by atoms with E-state index in [1.165, 1.54) is 5.56 Å². The number of ether oxygens (including phenoxy) is 1. The minimum atomic E-state index is -0.669. The highest BCUT2D eigenvalue weighted by atomic mass is 32.1. The van der Waals surface area contributed by atoms with Crippen LogP contribution in [0.25, 0.3) is 0 Å². The Kier molecular flexibility index (Phi) is 3.04. The second-order valence-electron chi connectivity index (χ2n) is 4.37. The van der Waals surface area contributed by atoms with Crippen LogP contribution in [-0.4, -0.2) is 18.6 Å². The number of rotatable bonds is 2. The summed E-state index contributed by atoms with van der Waals surface area (Å²) in [5, 5.41) is 5.40. The normalized spacial score (nSPS) is 28.6. The van der Waals surface area contributed by atoms with Crippen molar-refractivity contribution in [2.24, 2.45) is 0 Å². The number of carbonyl (C=O) groups is 1. The average Bonchev–Trinajstić information content (AvgIpc) is 2.66. The number of carbonyl (C=O) groups excluding carboxylic acids is 1. The molecular formula is C12H17NO2S. The highest BCUT2D eigenvalue weighted by Gasteiger charge is 2.43. The Morgan fingerprint density at radius 3 is 3.19 bits per heavy atom. The van der Waals surface area contributed by atoms with Crippen molar-refractivity contribution in [3.8, 4) is 0 Å². The van der Waals surface area contributed by atoms with Crippen LogP contribution in [0.15, 0.2) is 11.4 Å². The third-order valence-corrected chi connectivity index (χ3v) is 4.12. The van der Waals surface area contributed by atoms with Crippen LogP contribution in [0.2, 0.25) is 0 Å². The van der Waals surface area contributed by atoms with Crippen molar-refractivity contribution in [2.75, 3.05) is 6.61 Å². The summed E-state index contributed by atoms with van der Waals surface area (Å²) in [6.45, 7) is 6.27. The van der Waals surface area contributed by atoms with Crippen molar-refractivity contribution in [1.29, 1.82) is 0 Å². The summed E-state index contributed by atoms with van der Waals surface area (Å²) in [5.41, 5.74) is 0.601. The summed E-state index contributed by atoms with van der Waals surface area (Å²) in [6, 6.07) is 2.41. The molecule has 2 heterocycles. The Balaban J connectivity index is 2.38. The smallest absolute Gasteiger partial charge is 0.331 e. The van der Waals surface area contributed by atoms with Crippen LogP contribution in [0.5, 0.6) is 0 Å². The zero-order valence-corrected chi connectivity index (χ0v) is 10.7. The highest BCUT2D eigenvalue weighted by molar-refractivity contribution is 7.10. The number of hydrogen-bond acceptors (Lipinski definition) is 4. The van der Waals surface area contributed by atoms with Crippen molar-refractivity contribution in [3.05, 3.63) is 21.9 Å². The fourth-order valence-electron chi connectivity index (χ4n) is 2.30. The number of esters is 1. The van der Waals surface area contributed by atoms with Gasteiger partial charge in [-0.05, 0) is 44.2 Å². The molecule has 0 unspecified atom stereocenters. The van der Waals surface area contributed by atoms with Crippen LogP contribution in [-0.2, 0) is 21.5 Å². The molecule has 1 aliphatic rings. The summed E-state index contributed by atoms with van der Waals surface area (Å²) in [4.78, 5) is 13.1. The van der Waals surface area contributed by atoms with Crippen molar-refractivity contribution >= 4 is 17.3 Å². The van der Waals surface area contributed by atoms with Crippen LogP contribution in [0.1, 0.15) is 31.2 Å². The molecule has 0 fully saturated rings. The molecule has 2 rings (SSSR count). The summed E-state index contributed by atoms with van der Waals surface area (Å²) < 4.78 is 5.16. The molecule has 3 nitrogen and oxygen atoms in total. The van der Waals surface area contributed by atoms with Gasteiger partial charge < -0.3 is 4.74 Å². The minimum Gasteiger partial charge on any atom is -0.464 e. The molecule has 0 radical (unpaired) electrons. The van der Waals surface area contributed by atoms with Gasteiger partial charge in [-0.2, -0.15) is 0 Å². The van der Waals surface area contributed by atoms with E-state index in [1.807, 2.05) is 19.2 Å². The van der Waals surface area contributed by atoms with Gasteiger partial charge in [-0.25, -0.2) is 4.79 Å². The maximum Gasteiger partial charge on any atom is 0.331 e. The average molecular weight is 239 g/mol. The summed E-state index contributed by atoms with van der Waals surface area (Å²) in [6.07, 6.45) is 0.980. The summed E-state index contributed by atoms with van der Waals surface area (Å²) in [5.74, 6) is -0.176. The molecule has 1 N–H and O–H groups in total. The first-order valence-corrected chi connectivity index (χ1v) is 6.47. The van der Waals surface area contributed by atoms with E-state index in [2.05, 4.69) is 18.3 Å². The van der Waals surface area contributed by atoms with E-state index in [9.17, 15) is 4.79 Å². The first kappa shape index (κ1) is 11.6. The van der Waals surface area contributed by atoms with Crippen LogP contribution in [0.4, 0.5) is 0 Å². The Morgan fingerprint density at radius 1 is 1.75 bits per heavy atom. The van der Waals surface area contributed by atoms with E-state index in [4.69, 9.17) is 4.74 Å². The number of thiophene rings is 1. The van der Waals surface area contributed by atoms with Gasteiger partial charge in [0.25, 0.3) is 0 Å². The van der Waals surface area contributed by atoms with Crippen LogP contribution >= 0.6 is 11.3 Å². The lowest BCUT2D eigenvalue weighted by Crippen LogP contribution is -2.54. The topological polar surface area (TPSA) is 38.3 Å². The molecule has 0 saturated heterocycles.